The number of rotatable bonds is 18. The van der Waals surface area contributed by atoms with Gasteiger partial charge >= 0.3 is 11.9 Å². The summed E-state index contributed by atoms with van der Waals surface area (Å²) in [5.41, 5.74) is 1.47. The Morgan fingerprint density at radius 2 is 1.07 bits per heavy atom. The third kappa shape index (κ3) is 14.2. The molecule has 2 heterocycles. The van der Waals surface area contributed by atoms with Gasteiger partial charge in [0, 0.05) is 47.4 Å². The summed E-state index contributed by atoms with van der Waals surface area (Å²) in [6.07, 6.45) is 7.07. The van der Waals surface area contributed by atoms with Gasteiger partial charge in [-0.1, -0.05) is 89.8 Å². The molecule has 4 aromatic rings. The Hall–Kier alpha value is -5.61. The molecule has 14 nitrogen and oxygen atoms in total. The lowest BCUT2D eigenvalue weighted by molar-refractivity contribution is -0.154. The summed E-state index contributed by atoms with van der Waals surface area (Å²) in [4.78, 5) is 39.7. The van der Waals surface area contributed by atoms with E-state index in [1.165, 1.54) is 6.07 Å². The number of benzene rings is 4. The van der Waals surface area contributed by atoms with Gasteiger partial charge in [0.25, 0.3) is 5.91 Å². The van der Waals surface area contributed by atoms with Gasteiger partial charge in [-0.2, -0.15) is 0 Å². The molecule has 0 saturated heterocycles. The van der Waals surface area contributed by atoms with E-state index in [9.17, 15) is 31.2 Å². The van der Waals surface area contributed by atoms with Crippen molar-refractivity contribution in [2.45, 2.75) is 115 Å². The minimum absolute atomic E-state index is 0.0834. The number of hydrogen-bond acceptors (Lipinski definition) is 12. The van der Waals surface area contributed by atoms with Crippen LogP contribution in [0.3, 0.4) is 0 Å². The van der Waals surface area contributed by atoms with Crippen LogP contribution in [0.5, 0.6) is 11.5 Å². The number of nitrogens with one attached hydrogen (secondary N) is 1. The van der Waals surface area contributed by atoms with Gasteiger partial charge in [0.1, 0.15) is 23.6 Å². The average Bonchev–Trinajstić information content (AvgIpc) is 3.47. The van der Waals surface area contributed by atoms with Gasteiger partial charge in [-0.05, 0) is 95.0 Å². The average molecular weight is 976 g/mol. The van der Waals surface area contributed by atoms with Crippen molar-refractivity contribution < 1.29 is 50.5 Å². The standard InChI is InChI=1S/C29H40N2O6S.C23H29NO5S/c1-6-8-16-29(7-2)20-31(22-12-10-9-11-13-22)24-17-23(14-15-25(24)38(34,35)21-29)36-19-26(32)30-18-27(33)37-28(3,4)5;1-3-5-13-23(4-2)16-24(18-9-7-6-8-10-18)20-14-19(29-15-22(25)26)11-12-21(20)30(27,28)17-23/h9-15,17H,6-8,16,18-21H2,1-5H3,(H,30,32);6-12,14H,3-5,13,15-17H2,1-2H3,(H,25,26). The van der Waals surface area contributed by atoms with Crippen LogP contribution in [0.25, 0.3) is 0 Å². The number of ether oxygens (including phenoxy) is 3. The number of carboxylic acids is 1. The summed E-state index contributed by atoms with van der Waals surface area (Å²) in [5, 5.41) is 11.4. The van der Waals surface area contributed by atoms with E-state index in [1.54, 1.807) is 51.1 Å². The van der Waals surface area contributed by atoms with E-state index in [0.717, 1.165) is 62.7 Å². The van der Waals surface area contributed by atoms with Crippen molar-refractivity contribution in [2.24, 2.45) is 10.8 Å². The van der Waals surface area contributed by atoms with E-state index in [-0.39, 0.29) is 39.9 Å². The third-order valence-electron chi connectivity index (χ3n) is 12.4. The van der Waals surface area contributed by atoms with Gasteiger partial charge in [-0.15, -0.1) is 0 Å². The van der Waals surface area contributed by atoms with Gasteiger partial charge < -0.3 is 34.4 Å². The number of hydrogen-bond donors (Lipinski definition) is 2. The minimum Gasteiger partial charge on any atom is -0.484 e. The van der Waals surface area contributed by atoms with Gasteiger partial charge in [-0.3, -0.25) is 9.59 Å². The lowest BCUT2D eigenvalue weighted by atomic mass is 9.81. The monoisotopic (exact) mass is 975 g/mol. The first-order valence-electron chi connectivity index (χ1n) is 23.5. The Morgan fingerprint density at radius 1 is 0.647 bits per heavy atom. The molecule has 16 heteroatoms. The maximum Gasteiger partial charge on any atom is 0.341 e. The molecule has 0 aliphatic carbocycles. The number of carboxylic acid groups (broad SMARTS) is 1. The molecular weight excluding hydrogens is 907 g/mol. The van der Waals surface area contributed by atoms with Crippen LogP contribution >= 0.6 is 0 Å². The molecule has 0 aromatic heterocycles. The smallest absolute Gasteiger partial charge is 0.341 e. The van der Waals surface area contributed by atoms with Crippen LogP contribution in [0.1, 0.15) is 99.8 Å². The highest BCUT2D eigenvalue weighted by molar-refractivity contribution is 7.92. The third-order valence-corrected chi connectivity index (χ3v) is 16.4. The predicted octanol–water partition coefficient (Wildman–Crippen LogP) is 9.70. The number of sulfone groups is 2. The minimum atomic E-state index is -3.58. The topological polar surface area (TPSA) is 186 Å². The highest BCUT2D eigenvalue weighted by atomic mass is 32.2. The Labute approximate surface area is 403 Å². The van der Waals surface area contributed by atoms with Crippen molar-refractivity contribution >= 4 is 60.3 Å². The Morgan fingerprint density at radius 3 is 1.46 bits per heavy atom. The summed E-state index contributed by atoms with van der Waals surface area (Å²) < 4.78 is 70.4. The van der Waals surface area contributed by atoms with Crippen molar-refractivity contribution in [3.63, 3.8) is 0 Å². The summed E-state index contributed by atoms with van der Waals surface area (Å²) in [6, 6.07) is 29.0. The zero-order chi connectivity index (χ0) is 49.8. The molecule has 2 unspecified atom stereocenters. The normalized spacial score (nSPS) is 19.4. The van der Waals surface area contributed by atoms with E-state index >= 15 is 0 Å². The zero-order valence-corrected chi connectivity index (χ0v) is 42.2. The van der Waals surface area contributed by atoms with E-state index in [2.05, 4.69) is 37.9 Å². The van der Waals surface area contributed by atoms with Crippen LogP contribution in [0.2, 0.25) is 0 Å². The molecule has 370 valence electrons. The number of nitrogens with zero attached hydrogens (tertiary/aromatic N) is 2. The van der Waals surface area contributed by atoms with Crippen molar-refractivity contribution in [3.05, 3.63) is 97.1 Å². The van der Waals surface area contributed by atoms with E-state index in [4.69, 9.17) is 19.3 Å². The van der Waals surface area contributed by atoms with Crippen molar-refractivity contribution in [3.8, 4) is 11.5 Å². The van der Waals surface area contributed by atoms with Gasteiger partial charge in [0.15, 0.2) is 32.9 Å². The summed E-state index contributed by atoms with van der Waals surface area (Å²) in [6.45, 7) is 13.7. The van der Waals surface area contributed by atoms with E-state index in [0.29, 0.717) is 36.0 Å². The van der Waals surface area contributed by atoms with Crippen LogP contribution in [0.15, 0.2) is 107 Å². The first kappa shape index (κ1) is 53.3. The second-order valence-corrected chi connectivity index (χ2v) is 22.8. The van der Waals surface area contributed by atoms with Crippen molar-refractivity contribution in [1.29, 1.82) is 0 Å². The van der Waals surface area contributed by atoms with Crippen molar-refractivity contribution in [1.82, 2.24) is 5.32 Å². The molecule has 1 amide bonds. The maximum atomic E-state index is 13.7. The molecule has 68 heavy (non-hydrogen) atoms. The van der Waals surface area contributed by atoms with Crippen LogP contribution < -0.4 is 24.6 Å². The Bertz CT molecular complexity index is 2570. The molecule has 0 bridgehead atoms. The predicted molar refractivity (Wildman–Crippen MR) is 266 cm³/mol. The molecule has 2 N–H and O–H groups in total. The molecule has 2 aliphatic heterocycles. The lowest BCUT2D eigenvalue weighted by Crippen LogP contribution is -2.38. The number of para-hydroxylation sites is 2. The number of anilines is 4. The fourth-order valence-electron chi connectivity index (χ4n) is 8.77. The van der Waals surface area contributed by atoms with Crippen LogP contribution in [-0.2, 0) is 38.8 Å². The molecule has 0 fully saturated rings. The summed E-state index contributed by atoms with van der Waals surface area (Å²) >= 11 is 0. The van der Waals surface area contributed by atoms with Crippen LogP contribution in [0.4, 0.5) is 22.7 Å². The second-order valence-electron chi connectivity index (χ2n) is 18.9. The Kier molecular flexibility index (Phi) is 18.1. The highest BCUT2D eigenvalue weighted by Gasteiger charge is 2.43. The van der Waals surface area contributed by atoms with Gasteiger partial charge in [0.05, 0.1) is 32.7 Å². The van der Waals surface area contributed by atoms with E-state index < -0.39 is 55.1 Å². The fourth-order valence-corrected chi connectivity index (χ4v) is 13.1. The molecule has 0 radical (unpaired) electrons. The first-order chi connectivity index (χ1) is 32.2. The molecule has 2 atom stereocenters. The molecule has 4 aromatic carbocycles. The van der Waals surface area contributed by atoms with Crippen molar-refractivity contribution in [2.75, 3.05) is 54.2 Å². The SMILES string of the molecule is CCCCC1(CC)CN(c2ccccc2)c2cc(OCC(=O)NCC(=O)OC(C)(C)C)ccc2S(=O)(=O)C1.CCCCC1(CC)CN(c2ccccc2)c2cc(OCC(=O)O)ccc2S(=O)(=O)C1. The number of carbonyl (C=O) groups is 3. The molecule has 6 rings (SSSR count). The van der Waals surface area contributed by atoms with Crippen LogP contribution in [-0.4, -0.2) is 89.7 Å². The quantitative estimate of drug-likeness (QED) is 0.0899. The van der Waals surface area contributed by atoms with E-state index in [1.807, 2.05) is 65.6 Å². The zero-order valence-electron chi connectivity index (χ0n) is 40.6. The summed E-state index contributed by atoms with van der Waals surface area (Å²) in [7, 11) is -7.11. The molecular formula is C52H69N3O11S2. The lowest BCUT2D eigenvalue weighted by Gasteiger charge is -2.36. The Balaban J connectivity index is 0.000000261. The number of amides is 1. The molecule has 2 aliphatic rings. The van der Waals surface area contributed by atoms with Gasteiger partial charge in [0.2, 0.25) is 0 Å². The van der Waals surface area contributed by atoms with Gasteiger partial charge in [-0.25, -0.2) is 21.6 Å². The largest absolute Gasteiger partial charge is 0.484 e. The highest BCUT2D eigenvalue weighted by Crippen LogP contribution is 2.47. The number of aliphatic carboxylic acids is 1. The number of carbonyl (C=O) groups excluding carboxylic acids is 2. The summed E-state index contributed by atoms with van der Waals surface area (Å²) in [5.74, 6) is -1.22. The van der Waals surface area contributed by atoms with Crippen LogP contribution in [0, 0.1) is 10.8 Å². The fraction of sp³-hybridized carbons (Fsp3) is 0.481. The maximum absolute atomic E-state index is 13.7. The molecule has 0 spiro atoms. The first-order valence-corrected chi connectivity index (χ1v) is 26.8. The second kappa shape index (κ2) is 23.1. The number of fused-ring (bicyclic) bond motifs is 2. The number of esters is 1. The molecule has 0 saturated carbocycles. The number of unbranched alkanes of at least 4 members (excludes halogenated alkanes) is 2.